The van der Waals surface area contributed by atoms with Crippen LogP contribution in [0.4, 0.5) is 4.39 Å². The Bertz CT molecular complexity index is 1020. The predicted octanol–water partition coefficient (Wildman–Crippen LogP) is 2.47. The molecule has 3 aromatic rings. The van der Waals surface area contributed by atoms with E-state index in [2.05, 4.69) is 20.2 Å². The SMILES string of the molecule is Cc1c(C(=O)N(CCCN2CCOCC2)Cc2ccncc2)nnn1-c1ccc(F)cc1. The Kier molecular flexibility index (Phi) is 7.18. The largest absolute Gasteiger partial charge is 0.379 e. The summed E-state index contributed by atoms with van der Waals surface area (Å²) in [5.41, 5.74) is 2.58. The lowest BCUT2D eigenvalue weighted by atomic mass is 10.2. The van der Waals surface area contributed by atoms with Gasteiger partial charge in [0.25, 0.3) is 5.91 Å². The van der Waals surface area contributed by atoms with E-state index in [1.165, 1.54) is 12.1 Å². The first kappa shape index (κ1) is 22.0. The lowest BCUT2D eigenvalue weighted by Gasteiger charge is -2.28. The maximum Gasteiger partial charge on any atom is 0.276 e. The van der Waals surface area contributed by atoms with Crippen LogP contribution in [0.2, 0.25) is 0 Å². The molecule has 1 fully saturated rings. The monoisotopic (exact) mass is 438 g/mol. The topological polar surface area (TPSA) is 76.4 Å². The predicted molar refractivity (Wildman–Crippen MR) is 117 cm³/mol. The van der Waals surface area contributed by atoms with Gasteiger partial charge >= 0.3 is 0 Å². The summed E-state index contributed by atoms with van der Waals surface area (Å²) in [7, 11) is 0. The standard InChI is InChI=1S/C23H27FN6O2/c1-18-22(26-27-30(18)21-5-3-20(24)4-6-21)23(31)29(17-19-7-9-25-10-8-19)12-2-11-28-13-15-32-16-14-28/h3-10H,2,11-17H2,1H3. The third kappa shape index (κ3) is 5.35. The van der Waals surface area contributed by atoms with Crippen LogP contribution in [0.5, 0.6) is 0 Å². The second kappa shape index (κ2) is 10.4. The molecule has 0 aliphatic carbocycles. The number of nitrogens with zero attached hydrogens (tertiary/aromatic N) is 6. The molecule has 168 valence electrons. The van der Waals surface area contributed by atoms with E-state index in [0.717, 1.165) is 44.8 Å². The molecule has 8 nitrogen and oxygen atoms in total. The summed E-state index contributed by atoms with van der Waals surface area (Å²) in [4.78, 5) is 21.7. The van der Waals surface area contributed by atoms with Crippen molar-refractivity contribution in [2.24, 2.45) is 0 Å². The lowest BCUT2D eigenvalue weighted by molar-refractivity contribution is 0.0355. The van der Waals surface area contributed by atoms with Crippen molar-refractivity contribution >= 4 is 5.91 Å². The fourth-order valence-electron chi connectivity index (χ4n) is 3.78. The molecule has 0 unspecified atom stereocenters. The van der Waals surface area contributed by atoms with E-state index in [0.29, 0.717) is 30.2 Å². The number of aromatic nitrogens is 4. The molecule has 0 radical (unpaired) electrons. The summed E-state index contributed by atoms with van der Waals surface area (Å²) >= 11 is 0. The van der Waals surface area contributed by atoms with Crippen LogP contribution in [0.15, 0.2) is 48.8 Å². The lowest BCUT2D eigenvalue weighted by Crippen LogP contribution is -2.39. The number of rotatable bonds is 8. The molecule has 32 heavy (non-hydrogen) atoms. The number of morpholine rings is 1. The molecule has 4 rings (SSSR count). The van der Waals surface area contributed by atoms with Gasteiger partial charge in [0.1, 0.15) is 5.82 Å². The van der Waals surface area contributed by atoms with Gasteiger partial charge in [0.05, 0.1) is 24.6 Å². The van der Waals surface area contributed by atoms with Gasteiger partial charge in [0, 0.05) is 45.1 Å². The number of halogens is 1. The van der Waals surface area contributed by atoms with Crippen LogP contribution in [0.3, 0.4) is 0 Å². The fraction of sp³-hybridized carbons (Fsp3) is 0.391. The van der Waals surface area contributed by atoms with Crippen LogP contribution in [0.25, 0.3) is 5.69 Å². The van der Waals surface area contributed by atoms with Gasteiger partial charge in [-0.1, -0.05) is 5.21 Å². The minimum absolute atomic E-state index is 0.172. The highest BCUT2D eigenvalue weighted by atomic mass is 19.1. The Morgan fingerprint density at radius 1 is 1.12 bits per heavy atom. The highest BCUT2D eigenvalue weighted by molar-refractivity contribution is 5.93. The summed E-state index contributed by atoms with van der Waals surface area (Å²) in [6.45, 7) is 7.12. The first-order chi connectivity index (χ1) is 15.6. The third-order valence-corrected chi connectivity index (χ3v) is 5.58. The number of carbonyl (C=O) groups is 1. The van der Waals surface area contributed by atoms with Crippen molar-refractivity contribution in [2.75, 3.05) is 39.4 Å². The van der Waals surface area contributed by atoms with Gasteiger partial charge in [0.2, 0.25) is 0 Å². The van der Waals surface area contributed by atoms with Crippen molar-refractivity contribution in [3.63, 3.8) is 0 Å². The number of amides is 1. The molecule has 9 heteroatoms. The molecule has 2 aromatic heterocycles. The average molecular weight is 439 g/mol. The van der Waals surface area contributed by atoms with Gasteiger partial charge < -0.3 is 9.64 Å². The highest BCUT2D eigenvalue weighted by Gasteiger charge is 2.23. The normalized spacial score (nSPS) is 14.4. The average Bonchev–Trinajstić information content (AvgIpc) is 3.21. The van der Waals surface area contributed by atoms with E-state index in [4.69, 9.17) is 4.74 Å². The van der Waals surface area contributed by atoms with Crippen molar-refractivity contribution < 1.29 is 13.9 Å². The highest BCUT2D eigenvalue weighted by Crippen LogP contribution is 2.16. The van der Waals surface area contributed by atoms with Crippen molar-refractivity contribution in [1.82, 2.24) is 29.8 Å². The molecule has 1 saturated heterocycles. The molecule has 0 N–H and O–H groups in total. The number of pyridine rings is 1. The van der Waals surface area contributed by atoms with Crippen LogP contribution in [0.1, 0.15) is 28.2 Å². The fourth-order valence-corrected chi connectivity index (χ4v) is 3.78. The maximum atomic E-state index is 13.5. The molecule has 0 bridgehead atoms. The smallest absolute Gasteiger partial charge is 0.276 e. The van der Waals surface area contributed by atoms with Crippen molar-refractivity contribution in [2.45, 2.75) is 19.9 Å². The summed E-state index contributed by atoms with van der Waals surface area (Å²) in [5, 5.41) is 8.31. The molecule has 1 aliphatic heterocycles. The molecule has 0 saturated carbocycles. The minimum Gasteiger partial charge on any atom is -0.379 e. The molecule has 1 amide bonds. The third-order valence-electron chi connectivity index (χ3n) is 5.58. The molecular formula is C23H27FN6O2. The Morgan fingerprint density at radius 3 is 2.56 bits per heavy atom. The van der Waals surface area contributed by atoms with E-state index in [9.17, 15) is 9.18 Å². The van der Waals surface area contributed by atoms with Crippen molar-refractivity contribution in [3.8, 4) is 5.69 Å². The molecular weight excluding hydrogens is 411 g/mol. The number of ether oxygens (including phenoxy) is 1. The second-order valence-electron chi connectivity index (χ2n) is 7.80. The van der Waals surface area contributed by atoms with Crippen LogP contribution < -0.4 is 0 Å². The number of carbonyl (C=O) groups excluding carboxylic acids is 1. The zero-order valence-corrected chi connectivity index (χ0v) is 18.2. The van der Waals surface area contributed by atoms with Crippen LogP contribution in [-0.2, 0) is 11.3 Å². The summed E-state index contributed by atoms with van der Waals surface area (Å²) in [6, 6.07) is 9.76. The van der Waals surface area contributed by atoms with Crippen LogP contribution >= 0.6 is 0 Å². The van der Waals surface area contributed by atoms with Gasteiger partial charge in [-0.2, -0.15) is 0 Å². The van der Waals surface area contributed by atoms with E-state index < -0.39 is 0 Å². The van der Waals surface area contributed by atoms with Gasteiger partial charge in [0.15, 0.2) is 5.69 Å². The van der Waals surface area contributed by atoms with Crippen LogP contribution in [0, 0.1) is 12.7 Å². The van der Waals surface area contributed by atoms with E-state index >= 15 is 0 Å². The molecule has 0 spiro atoms. The molecule has 1 aliphatic rings. The van der Waals surface area contributed by atoms with Gasteiger partial charge in [-0.3, -0.25) is 14.7 Å². The summed E-state index contributed by atoms with van der Waals surface area (Å²) in [5.74, 6) is -0.499. The Morgan fingerprint density at radius 2 is 1.84 bits per heavy atom. The molecule has 1 aromatic carbocycles. The van der Waals surface area contributed by atoms with E-state index in [1.807, 2.05) is 17.0 Å². The zero-order valence-electron chi connectivity index (χ0n) is 18.2. The summed E-state index contributed by atoms with van der Waals surface area (Å²) in [6.07, 6.45) is 4.30. The van der Waals surface area contributed by atoms with Crippen molar-refractivity contribution in [1.29, 1.82) is 0 Å². The number of hydrogen-bond donors (Lipinski definition) is 0. The van der Waals surface area contributed by atoms with Gasteiger partial charge in [-0.05, 0) is 55.3 Å². The first-order valence-electron chi connectivity index (χ1n) is 10.8. The second-order valence-corrected chi connectivity index (χ2v) is 7.80. The number of hydrogen-bond acceptors (Lipinski definition) is 6. The number of benzene rings is 1. The summed E-state index contributed by atoms with van der Waals surface area (Å²) < 4.78 is 20.3. The van der Waals surface area contributed by atoms with E-state index in [-0.39, 0.29) is 11.7 Å². The first-order valence-corrected chi connectivity index (χ1v) is 10.8. The molecule has 0 atom stereocenters. The Hall–Kier alpha value is -3.17. The Balaban J connectivity index is 1.50. The maximum absolute atomic E-state index is 13.5. The van der Waals surface area contributed by atoms with Crippen LogP contribution in [-0.4, -0.2) is 75.1 Å². The quantitative estimate of drug-likeness (QED) is 0.538. The van der Waals surface area contributed by atoms with Gasteiger partial charge in [-0.15, -0.1) is 5.10 Å². The van der Waals surface area contributed by atoms with Gasteiger partial charge in [-0.25, -0.2) is 9.07 Å². The van der Waals surface area contributed by atoms with Crippen molar-refractivity contribution in [3.05, 3.63) is 71.6 Å². The zero-order chi connectivity index (χ0) is 22.3. The minimum atomic E-state index is -0.327. The Labute approximate surface area is 186 Å². The van der Waals surface area contributed by atoms with E-state index in [1.54, 1.807) is 36.1 Å². The molecule has 3 heterocycles.